The molecule has 1 aromatic rings. The third-order valence-corrected chi connectivity index (χ3v) is 5.46. The fourth-order valence-electron chi connectivity index (χ4n) is 2.58. The Kier molecular flexibility index (Phi) is 4.59. The Balaban J connectivity index is 2.28. The lowest BCUT2D eigenvalue weighted by Crippen LogP contribution is -2.47. The van der Waals surface area contributed by atoms with Gasteiger partial charge in [0.1, 0.15) is 0 Å². The first kappa shape index (κ1) is 16.9. The molecule has 0 radical (unpaired) electrons. The first-order valence-electron chi connectivity index (χ1n) is 7.13. The first-order chi connectivity index (χ1) is 10.2. The average molecular weight is 330 g/mol. The van der Waals surface area contributed by atoms with Gasteiger partial charge in [0.05, 0.1) is 0 Å². The van der Waals surface area contributed by atoms with Gasteiger partial charge in [-0.25, -0.2) is 17.9 Å². The molecular formula is C13H22N4O4S. The Morgan fingerprint density at radius 3 is 2.64 bits per heavy atom. The standard InChI is InChI=1S/C13H22N4O4S/c1-13(5-4-6-14-8-13)9-15-22(20,21)10-7-16(2)12(19)17(3)11(10)18/h7,14-15H,4-6,8-9H2,1-3H3. The van der Waals surface area contributed by atoms with Gasteiger partial charge in [0.15, 0.2) is 4.90 Å². The van der Waals surface area contributed by atoms with Crippen LogP contribution >= 0.6 is 0 Å². The molecule has 2 N–H and O–H groups in total. The van der Waals surface area contributed by atoms with E-state index in [-0.39, 0.29) is 12.0 Å². The number of hydrogen-bond donors (Lipinski definition) is 2. The highest BCUT2D eigenvalue weighted by atomic mass is 32.2. The van der Waals surface area contributed by atoms with Crippen LogP contribution in [0.5, 0.6) is 0 Å². The zero-order chi connectivity index (χ0) is 16.5. The lowest BCUT2D eigenvalue weighted by atomic mass is 9.83. The molecule has 1 atom stereocenters. The molecule has 2 heterocycles. The maximum Gasteiger partial charge on any atom is 0.330 e. The summed E-state index contributed by atoms with van der Waals surface area (Å²) in [5.41, 5.74) is -1.56. The van der Waals surface area contributed by atoms with Crippen molar-refractivity contribution in [1.82, 2.24) is 19.2 Å². The van der Waals surface area contributed by atoms with E-state index in [1.54, 1.807) is 0 Å². The Hall–Kier alpha value is -1.45. The summed E-state index contributed by atoms with van der Waals surface area (Å²) in [5, 5.41) is 3.24. The van der Waals surface area contributed by atoms with Crippen LogP contribution in [0.15, 0.2) is 20.7 Å². The first-order valence-corrected chi connectivity index (χ1v) is 8.62. The lowest BCUT2D eigenvalue weighted by Gasteiger charge is -2.34. The molecule has 0 bridgehead atoms. The molecule has 124 valence electrons. The summed E-state index contributed by atoms with van der Waals surface area (Å²) in [5.74, 6) is 0. The summed E-state index contributed by atoms with van der Waals surface area (Å²) in [4.78, 5) is 23.3. The molecule has 9 heteroatoms. The Bertz CT molecular complexity index is 772. The van der Waals surface area contributed by atoms with Gasteiger partial charge in [0.25, 0.3) is 5.56 Å². The van der Waals surface area contributed by atoms with Gasteiger partial charge in [0, 0.05) is 33.4 Å². The predicted octanol–water partition coefficient (Wildman–Crippen LogP) is -1.25. The van der Waals surface area contributed by atoms with Gasteiger partial charge in [-0.1, -0.05) is 6.92 Å². The molecule has 0 saturated carbocycles. The summed E-state index contributed by atoms with van der Waals surface area (Å²) >= 11 is 0. The summed E-state index contributed by atoms with van der Waals surface area (Å²) in [7, 11) is -1.29. The van der Waals surface area contributed by atoms with E-state index >= 15 is 0 Å². The average Bonchev–Trinajstić information content (AvgIpc) is 2.48. The molecular weight excluding hydrogens is 308 g/mol. The van der Waals surface area contributed by atoms with Crippen LogP contribution < -0.4 is 21.3 Å². The third-order valence-electron chi connectivity index (χ3n) is 4.08. The number of hydrogen-bond acceptors (Lipinski definition) is 5. The number of aromatic nitrogens is 2. The zero-order valence-corrected chi connectivity index (χ0v) is 13.9. The quantitative estimate of drug-likeness (QED) is 0.718. The molecule has 1 unspecified atom stereocenters. The summed E-state index contributed by atoms with van der Waals surface area (Å²) in [6, 6.07) is 0. The molecule has 2 rings (SSSR count). The number of rotatable bonds is 4. The van der Waals surface area contributed by atoms with Crippen molar-refractivity contribution >= 4 is 10.0 Å². The van der Waals surface area contributed by atoms with Crippen LogP contribution in [0.2, 0.25) is 0 Å². The topological polar surface area (TPSA) is 102 Å². The maximum absolute atomic E-state index is 12.4. The Morgan fingerprint density at radius 1 is 1.36 bits per heavy atom. The van der Waals surface area contributed by atoms with Crippen molar-refractivity contribution < 1.29 is 8.42 Å². The van der Waals surface area contributed by atoms with Crippen LogP contribution in [0.25, 0.3) is 0 Å². The minimum Gasteiger partial charge on any atom is -0.316 e. The molecule has 1 aliphatic rings. The Morgan fingerprint density at radius 2 is 2.05 bits per heavy atom. The molecule has 22 heavy (non-hydrogen) atoms. The molecule has 8 nitrogen and oxygen atoms in total. The Labute approximate surface area is 129 Å². The monoisotopic (exact) mass is 330 g/mol. The summed E-state index contributed by atoms with van der Waals surface area (Å²) in [6.45, 7) is 3.90. The van der Waals surface area contributed by atoms with Crippen LogP contribution in [-0.4, -0.2) is 37.2 Å². The van der Waals surface area contributed by atoms with Crippen molar-refractivity contribution in [3.8, 4) is 0 Å². The molecule has 1 aliphatic heterocycles. The van der Waals surface area contributed by atoms with Crippen LogP contribution in [0.3, 0.4) is 0 Å². The van der Waals surface area contributed by atoms with E-state index in [0.29, 0.717) is 0 Å². The smallest absolute Gasteiger partial charge is 0.316 e. The normalized spacial score (nSPS) is 22.7. The van der Waals surface area contributed by atoms with E-state index in [1.807, 2.05) is 6.92 Å². The fraction of sp³-hybridized carbons (Fsp3) is 0.692. The second-order valence-corrected chi connectivity index (χ2v) is 7.90. The van der Waals surface area contributed by atoms with Crippen molar-refractivity contribution in [2.75, 3.05) is 19.6 Å². The highest BCUT2D eigenvalue weighted by Crippen LogP contribution is 2.24. The van der Waals surface area contributed by atoms with E-state index < -0.39 is 26.2 Å². The van der Waals surface area contributed by atoms with E-state index in [9.17, 15) is 18.0 Å². The van der Waals surface area contributed by atoms with Crippen LogP contribution in [0.1, 0.15) is 19.8 Å². The van der Waals surface area contributed by atoms with Crippen LogP contribution in [-0.2, 0) is 24.1 Å². The fourth-order valence-corrected chi connectivity index (χ4v) is 3.93. The van der Waals surface area contributed by atoms with E-state index in [1.165, 1.54) is 14.1 Å². The number of nitrogens with zero attached hydrogens (tertiary/aromatic N) is 2. The van der Waals surface area contributed by atoms with Gasteiger partial charge in [-0.05, 0) is 24.8 Å². The van der Waals surface area contributed by atoms with Gasteiger partial charge in [-0.2, -0.15) is 0 Å². The number of sulfonamides is 1. The lowest BCUT2D eigenvalue weighted by molar-refractivity contribution is 0.238. The van der Waals surface area contributed by atoms with E-state index in [0.717, 1.165) is 41.3 Å². The van der Waals surface area contributed by atoms with Gasteiger partial charge in [-0.3, -0.25) is 9.36 Å². The second-order valence-electron chi connectivity index (χ2n) is 6.17. The van der Waals surface area contributed by atoms with Gasteiger partial charge < -0.3 is 9.88 Å². The number of aryl methyl sites for hydroxylation is 1. The number of nitrogens with one attached hydrogen (secondary N) is 2. The molecule has 0 aliphatic carbocycles. The maximum atomic E-state index is 12.4. The minimum absolute atomic E-state index is 0.183. The highest BCUT2D eigenvalue weighted by molar-refractivity contribution is 7.89. The predicted molar refractivity (Wildman–Crippen MR) is 82.3 cm³/mol. The molecule has 1 aromatic heterocycles. The largest absolute Gasteiger partial charge is 0.330 e. The highest BCUT2D eigenvalue weighted by Gasteiger charge is 2.30. The molecule has 1 saturated heterocycles. The number of piperidine rings is 1. The summed E-state index contributed by atoms with van der Waals surface area (Å²) < 4.78 is 29.2. The third kappa shape index (κ3) is 3.31. The molecule has 1 fully saturated rings. The second kappa shape index (κ2) is 5.98. The van der Waals surface area contributed by atoms with E-state index in [4.69, 9.17) is 0 Å². The van der Waals surface area contributed by atoms with Crippen LogP contribution in [0, 0.1) is 5.41 Å². The van der Waals surface area contributed by atoms with Crippen molar-refractivity contribution in [2.45, 2.75) is 24.7 Å². The van der Waals surface area contributed by atoms with Crippen molar-refractivity contribution in [2.24, 2.45) is 19.5 Å². The summed E-state index contributed by atoms with van der Waals surface area (Å²) in [6.07, 6.45) is 2.96. The van der Waals surface area contributed by atoms with Gasteiger partial charge in [-0.15, -0.1) is 0 Å². The molecule has 0 aromatic carbocycles. The molecule has 0 spiro atoms. The molecule has 0 amide bonds. The van der Waals surface area contributed by atoms with Crippen LogP contribution in [0.4, 0.5) is 0 Å². The SMILES string of the molecule is Cn1cc(S(=O)(=O)NCC2(C)CCCNC2)c(=O)n(C)c1=O. The van der Waals surface area contributed by atoms with Gasteiger partial charge in [0.2, 0.25) is 10.0 Å². The van der Waals surface area contributed by atoms with Crippen molar-refractivity contribution in [3.05, 3.63) is 27.0 Å². The minimum atomic E-state index is -3.96. The zero-order valence-electron chi connectivity index (χ0n) is 13.0. The van der Waals surface area contributed by atoms with Crippen molar-refractivity contribution in [3.63, 3.8) is 0 Å². The van der Waals surface area contributed by atoms with Gasteiger partial charge >= 0.3 is 5.69 Å². The van der Waals surface area contributed by atoms with Crippen molar-refractivity contribution in [1.29, 1.82) is 0 Å². The van der Waals surface area contributed by atoms with E-state index in [2.05, 4.69) is 10.0 Å².